The molecule has 0 bridgehead atoms. The molecule has 4 aromatic rings. The van der Waals surface area contributed by atoms with Gasteiger partial charge in [-0.05, 0) is 23.1 Å². The van der Waals surface area contributed by atoms with Gasteiger partial charge in [-0.15, -0.1) is 0 Å². The molecule has 0 fully saturated rings. The number of alkyl halides is 1. The summed E-state index contributed by atoms with van der Waals surface area (Å²) < 4.78 is 2.01. The number of rotatable bonds is 6. The maximum Gasteiger partial charge on any atom is 0.164 e. The lowest BCUT2D eigenvalue weighted by Crippen LogP contribution is -2.38. The fraction of sp³-hybridized carbons (Fsp3) is 0.167. The van der Waals surface area contributed by atoms with Crippen molar-refractivity contribution in [2.45, 2.75) is 23.7 Å². The lowest BCUT2D eigenvalue weighted by Gasteiger charge is -2.35. The lowest BCUT2D eigenvalue weighted by molar-refractivity contribution is 0.455. The molecule has 1 aromatic heterocycles. The smallest absolute Gasteiger partial charge is 0.164 e. The van der Waals surface area contributed by atoms with Crippen LogP contribution >= 0.6 is 15.9 Å². The molecule has 0 aliphatic heterocycles. The normalized spacial score (nSPS) is 12.6. The summed E-state index contributed by atoms with van der Waals surface area (Å²) in [5.41, 5.74) is 2.83. The van der Waals surface area contributed by atoms with E-state index in [1.807, 2.05) is 29.2 Å². The van der Waals surface area contributed by atoms with Crippen molar-refractivity contribution in [2.75, 3.05) is 0 Å². The highest BCUT2D eigenvalue weighted by Crippen LogP contribution is 2.40. The highest BCUT2D eigenvalue weighted by Gasteiger charge is 2.39. The lowest BCUT2D eigenvalue weighted by atomic mass is 9.77. The average molecular weight is 432 g/mol. The van der Waals surface area contributed by atoms with Crippen LogP contribution in [0.1, 0.15) is 40.7 Å². The van der Waals surface area contributed by atoms with E-state index in [2.05, 4.69) is 101 Å². The van der Waals surface area contributed by atoms with Crippen LogP contribution in [0.4, 0.5) is 0 Å². The van der Waals surface area contributed by atoms with E-state index in [-0.39, 0.29) is 4.83 Å². The minimum atomic E-state index is -0.602. The Hall–Kier alpha value is -2.72. The molecule has 0 saturated carbocycles. The van der Waals surface area contributed by atoms with Crippen molar-refractivity contribution in [3.05, 3.63) is 120 Å². The topological polar surface area (TPSA) is 30.7 Å². The van der Waals surface area contributed by atoms with Crippen LogP contribution in [-0.2, 0) is 5.54 Å². The number of halogens is 1. The molecule has 0 amide bonds. The number of benzene rings is 3. The predicted molar refractivity (Wildman–Crippen MR) is 117 cm³/mol. The molecule has 1 atom stereocenters. The molecule has 4 heteroatoms. The number of hydrogen-bond acceptors (Lipinski definition) is 2. The first-order valence-corrected chi connectivity index (χ1v) is 10.4. The fourth-order valence-electron chi connectivity index (χ4n) is 3.70. The molecule has 0 aliphatic rings. The van der Waals surface area contributed by atoms with Crippen molar-refractivity contribution in [1.82, 2.24) is 14.8 Å². The Morgan fingerprint density at radius 3 is 1.61 bits per heavy atom. The fourth-order valence-corrected chi connectivity index (χ4v) is 3.91. The van der Waals surface area contributed by atoms with Crippen molar-refractivity contribution >= 4 is 15.9 Å². The van der Waals surface area contributed by atoms with Gasteiger partial charge in [0, 0.05) is 0 Å². The average Bonchev–Trinajstić information content (AvgIpc) is 3.26. The number of aromatic nitrogens is 3. The van der Waals surface area contributed by atoms with E-state index < -0.39 is 5.54 Å². The van der Waals surface area contributed by atoms with Gasteiger partial charge in [0.15, 0.2) is 5.82 Å². The largest absolute Gasteiger partial charge is 0.233 e. The minimum absolute atomic E-state index is 0.133. The van der Waals surface area contributed by atoms with Gasteiger partial charge in [0.1, 0.15) is 11.9 Å². The summed E-state index contributed by atoms with van der Waals surface area (Å²) in [4.78, 5) is 4.77. The van der Waals surface area contributed by atoms with Gasteiger partial charge in [-0.3, -0.25) is 0 Å². The molecule has 28 heavy (non-hydrogen) atoms. The van der Waals surface area contributed by atoms with Crippen LogP contribution in [0.3, 0.4) is 0 Å². The Morgan fingerprint density at radius 1 is 0.786 bits per heavy atom. The third-order valence-corrected chi connectivity index (χ3v) is 6.12. The molecule has 3 aromatic carbocycles. The van der Waals surface area contributed by atoms with Crippen molar-refractivity contribution in [3.8, 4) is 0 Å². The summed E-state index contributed by atoms with van der Waals surface area (Å²) in [5.74, 6) is 0.801. The second-order valence-corrected chi connectivity index (χ2v) is 7.84. The summed E-state index contributed by atoms with van der Waals surface area (Å²) in [6.45, 7) is 2.12. The summed E-state index contributed by atoms with van der Waals surface area (Å²) in [5, 5.41) is 4.94. The van der Waals surface area contributed by atoms with Gasteiger partial charge in [-0.2, -0.15) is 5.10 Å². The van der Waals surface area contributed by atoms with Gasteiger partial charge in [-0.1, -0.05) is 114 Å². The van der Waals surface area contributed by atoms with Crippen molar-refractivity contribution < 1.29 is 0 Å². The molecule has 0 spiro atoms. The highest BCUT2D eigenvalue weighted by molar-refractivity contribution is 9.09. The highest BCUT2D eigenvalue weighted by atomic mass is 79.9. The van der Waals surface area contributed by atoms with Crippen LogP contribution in [-0.4, -0.2) is 14.8 Å². The molecule has 0 radical (unpaired) electrons. The van der Waals surface area contributed by atoms with E-state index in [0.29, 0.717) is 0 Å². The molecule has 1 unspecified atom stereocenters. The van der Waals surface area contributed by atoms with Crippen LogP contribution < -0.4 is 0 Å². The van der Waals surface area contributed by atoms with Gasteiger partial charge in [0.05, 0.1) is 4.83 Å². The monoisotopic (exact) mass is 431 g/mol. The predicted octanol–water partition coefficient (Wildman–Crippen LogP) is 5.96. The van der Waals surface area contributed by atoms with Gasteiger partial charge in [-0.25, -0.2) is 9.67 Å². The van der Waals surface area contributed by atoms with E-state index in [1.54, 1.807) is 0 Å². The molecule has 3 nitrogen and oxygen atoms in total. The Kier molecular flexibility index (Phi) is 5.40. The van der Waals surface area contributed by atoms with E-state index in [9.17, 15) is 0 Å². The van der Waals surface area contributed by atoms with Crippen LogP contribution in [0.15, 0.2) is 97.3 Å². The third-order valence-electron chi connectivity index (χ3n) is 5.07. The number of nitrogens with zero attached hydrogens (tertiary/aromatic N) is 3. The van der Waals surface area contributed by atoms with Gasteiger partial charge < -0.3 is 0 Å². The third kappa shape index (κ3) is 3.18. The summed E-state index contributed by atoms with van der Waals surface area (Å²) >= 11 is 3.70. The van der Waals surface area contributed by atoms with Crippen molar-refractivity contribution in [1.29, 1.82) is 0 Å². The summed E-state index contributed by atoms with van der Waals surface area (Å²) in [7, 11) is 0. The first kappa shape index (κ1) is 18.6. The second-order valence-electron chi connectivity index (χ2n) is 6.73. The molecular formula is C24H22BrN3. The zero-order chi connectivity index (χ0) is 19.4. The Morgan fingerprint density at radius 2 is 1.21 bits per heavy atom. The quantitative estimate of drug-likeness (QED) is 0.278. The molecule has 0 saturated heterocycles. The first-order valence-electron chi connectivity index (χ1n) is 9.49. The number of hydrogen-bond donors (Lipinski definition) is 0. The minimum Gasteiger partial charge on any atom is -0.233 e. The second kappa shape index (κ2) is 8.11. The SMILES string of the molecule is CCC(Br)c1ncn(C(c2ccccc2)(c2ccccc2)c2ccccc2)n1. The summed E-state index contributed by atoms with van der Waals surface area (Å²) in [6.07, 6.45) is 2.78. The van der Waals surface area contributed by atoms with Crippen LogP contribution in [0, 0.1) is 0 Å². The maximum atomic E-state index is 4.94. The first-order chi connectivity index (χ1) is 13.8. The van der Waals surface area contributed by atoms with Gasteiger partial charge in [0.25, 0.3) is 0 Å². The van der Waals surface area contributed by atoms with E-state index in [0.717, 1.165) is 28.9 Å². The van der Waals surface area contributed by atoms with Crippen molar-refractivity contribution in [2.24, 2.45) is 0 Å². The zero-order valence-electron chi connectivity index (χ0n) is 15.7. The molecule has 0 N–H and O–H groups in total. The Bertz CT molecular complexity index is 917. The molecule has 4 rings (SSSR count). The van der Waals surface area contributed by atoms with Crippen LogP contribution in [0.5, 0.6) is 0 Å². The Labute approximate surface area is 174 Å². The van der Waals surface area contributed by atoms with E-state index in [4.69, 9.17) is 5.10 Å². The van der Waals surface area contributed by atoms with Crippen molar-refractivity contribution in [3.63, 3.8) is 0 Å². The van der Waals surface area contributed by atoms with E-state index in [1.165, 1.54) is 0 Å². The zero-order valence-corrected chi connectivity index (χ0v) is 17.3. The molecule has 140 valence electrons. The van der Waals surface area contributed by atoms with Gasteiger partial charge in [0.2, 0.25) is 0 Å². The molecular weight excluding hydrogens is 410 g/mol. The van der Waals surface area contributed by atoms with E-state index >= 15 is 0 Å². The van der Waals surface area contributed by atoms with Crippen LogP contribution in [0.25, 0.3) is 0 Å². The standard InChI is InChI=1S/C24H22BrN3/c1-2-22(25)23-26-18-28(27-23)24(19-12-6-3-7-13-19,20-14-8-4-9-15-20)21-16-10-5-11-17-21/h3-18,22H,2H2,1H3. The summed E-state index contributed by atoms with van der Waals surface area (Å²) in [6, 6.07) is 31.5. The van der Waals surface area contributed by atoms with Gasteiger partial charge >= 0.3 is 0 Å². The maximum absolute atomic E-state index is 4.94. The Balaban J connectivity index is 2.06. The van der Waals surface area contributed by atoms with Crippen LogP contribution in [0.2, 0.25) is 0 Å². The molecule has 1 heterocycles. The molecule has 0 aliphatic carbocycles.